The van der Waals surface area contributed by atoms with Crippen LogP contribution in [-0.2, 0) is 17.8 Å². The van der Waals surface area contributed by atoms with Gasteiger partial charge in [-0.25, -0.2) is 4.98 Å². The van der Waals surface area contributed by atoms with Gasteiger partial charge in [0.05, 0.1) is 10.7 Å². The molecule has 0 aliphatic carbocycles. The minimum absolute atomic E-state index is 0.421. The van der Waals surface area contributed by atoms with Crippen LogP contribution in [0, 0.1) is 0 Å². The van der Waals surface area contributed by atoms with Crippen molar-refractivity contribution in [2.75, 3.05) is 7.05 Å². The average molecular weight is 240 g/mol. The molecule has 1 aromatic heterocycles. The number of carbonyl (C=O) groups is 1. The molecular formula is C11H16N2O2S. The Kier molecular flexibility index (Phi) is 2.99. The summed E-state index contributed by atoms with van der Waals surface area (Å²) in [7, 11) is 1.86. The Balaban J connectivity index is 2.29. The van der Waals surface area contributed by atoms with Crippen molar-refractivity contribution in [3.8, 4) is 0 Å². The van der Waals surface area contributed by atoms with Gasteiger partial charge in [0.15, 0.2) is 0 Å². The second-order valence-corrected chi connectivity index (χ2v) is 5.67. The molecule has 1 unspecified atom stereocenters. The summed E-state index contributed by atoms with van der Waals surface area (Å²) in [5.41, 5.74) is 0.985. The number of likely N-dealkylation sites (N-methyl/N-ethyl adjacent to an activating group) is 1. The fourth-order valence-electron chi connectivity index (χ4n) is 1.88. The Hall–Kier alpha value is -0.940. The molecule has 0 aromatic carbocycles. The highest BCUT2D eigenvalue weighted by molar-refractivity contribution is 7.11. The highest BCUT2D eigenvalue weighted by atomic mass is 32.1. The van der Waals surface area contributed by atoms with Gasteiger partial charge in [-0.05, 0) is 7.05 Å². The van der Waals surface area contributed by atoms with E-state index >= 15 is 0 Å². The number of hydrogen-bond acceptors (Lipinski definition) is 4. The van der Waals surface area contributed by atoms with Crippen molar-refractivity contribution in [2.45, 2.75) is 38.8 Å². The van der Waals surface area contributed by atoms with Gasteiger partial charge >= 0.3 is 5.97 Å². The van der Waals surface area contributed by atoms with Crippen molar-refractivity contribution in [3.05, 3.63) is 15.6 Å². The molecule has 0 amide bonds. The maximum atomic E-state index is 11.0. The summed E-state index contributed by atoms with van der Waals surface area (Å²) < 4.78 is 0. The number of aliphatic carboxylic acids is 1. The molecule has 0 fully saturated rings. The van der Waals surface area contributed by atoms with Crippen LogP contribution in [0.15, 0.2) is 0 Å². The van der Waals surface area contributed by atoms with E-state index in [0.717, 1.165) is 10.7 Å². The van der Waals surface area contributed by atoms with Gasteiger partial charge in [-0.2, -0.15) is 0 Å². The standard InChI is InChI=1S/C11H16N2O2S/c1-6(2)10-12-7-4-8(11(14)15)13(3)5-9(7)16-10/h6,8H,4-5H2,1-3H3,(H,14,15). The Morgan fingerprint density at radius 3 is 2.88 bits per heavy atom. The second kappa shape index (κ2) is 4.14. The van der Waals surface area contributed by atoms with Crippen molar-refractivity contribution in [3.63, 3.8) is 0 Å². The Morgan fingerprint density at radius 1 is 1.62 bits per heavy atom. The van der Waals surface area contributed by atoms with Crippen LogP contribution in [0.4, 0.5) is 0 Å². The molecule has 0 radical (unpaired) electrons. The minimum atomic E-state index is -0.757. The molecule has 16 heavy (non-hydrogen) atoms. The van der Waals surface area contributed by atoms with E-state index in [1.54, 1.807) is 11.3 Å². The van der Waals surface area contributed by atoms with E-state index in [2.05, 4.69) is 18.8 Å². The summed E-state index contributed by atoms with van der Waals surface area (Å²) in [4.78, 5) is 18.7. The Bertz CT molecular complexity index is 414. The monoisotopic (exact) mass is 240 g/mol. The molecule has 1 atom stereocenters. The van der Waals surface area contributed by atoms with Crippen LogP contribution >= 0.6 is 11.3 Å². The number of thiazole rings is 1. The first-order valence-corrected chi connectivity index (χ1v) is 6.22. The van der Waals surface area contributed by atoms with E-state index in [-0.39, 0.29) is 0 Å². The van der Waals surface area contributed by atoms with Crippen molar-refractivity contribution in [2.24, 2.45) is 0 Å². The number of hydrogen-bond donors (Lipinski definition) is 1. The van der Waals surface area contributed by atoms with Gasteiger partial charge in [0.2, 0.25) is 0 Å². The predicted octanol–water partition coefficient (Wildman–Crippen LogP) is 1.71. The number of carboxylic acid groups (broad SMARTS) is 1. The average Bonchev–Trinajstić information content (AvgIpc) is 2.58. The summed E-state index contributed by atoms with van der Waals surface area (Å²) in [5, 5.41) is 10.2. The zero-order valence-corrected chi connectivity index (χ0v) is 10.5. The third kappa shape index (κ3) is 1.97. The number of fused-ring (bicyclic) bond motifs is 1. The van der Waals surface area contributed by atoms with Gasteiger partial charge in [-0.15, -0.1) is 11.3 Å². The van der Waals surface area contributed by atoms with Gasteiger partial charge in [-0.3, -0.25) is 9.69 Å². The molecule has 0 saturated heterocycles. The summed E-state index contributed by atoms with van der Waals surface area (Å²) in [6, 6.07) is -0.422. The lowest BCUT2D eigenvalue weighted by Crippen LogP contribution is -2.42. The zero-order valence-electron chi connectivity index (χ0n) is 9.73. The second-order valence-electron chi connectivity index (χ2n) is 4.55. The molecule has 1 aliphatic heterocycles. The van der Waals surface area contributed by atoms with Crippen LogP contribution in [0.5, 0.6) is 0 Å². The van der Waals surface area contributed by atoms with E-state index in [4.69, 9.17) is 5.11 Å². The largest absolute Gasteiger partial charge is 0.480 e. The first-order valence-electron chi connectivity index (χ1n) is 5.40. The fraction of sp³-hybridized carbons (Fsp3) is 0.636. The SMILES string of the molecule is CC(C)c1nc2c(s1)CN(C)C(C(=O)O)C2. The quantitative estimate of drug-likeness (QED) is 0.855. The maximum absolute atomic E-state index is 11.0. The maximum Gasteiger partial charge on any atom is 0.321 e. The van der Waals surface area contributed by atoms with Gasteiger partial charge < -0.3 is 5.11 Å². The van der Waals surface area contributed by atoms with E-state index in [0.29, 0.717) is 18.9 Å². The van der Waals surface area contributed by atoms with Gasteiger partial charge in [0.25, 0.3) is 0 Å². The van der Waals surface area contributed by atoms with Crippen molar-refractivity contribution in [1.82, 2.24) is 9.88 Å². The topological polar surface area (TPSA) is 53.4 Å². The highest BCUT2D eigenvalue weighted by Gasteiger charge is 2.31. The van der Waals surface area contributed by atoms with Crippen molar-refractivity contribution in [1.29, 1.82) is 0 Å². The predicted molar refractivity (Wildman–Crippen MR) is 62.8 cm³/mol. The first-order chi connectivity index (χ1) is 7.49. The summed E-state index contributed by atoms with van der Waals surface area (Å²) >= 11 is 1.72. The van der Waals surface area contributed by atoms with E-state index in [1.165, 1.54) is 4.88 Å². The zero-order chi connectivity index (χ0) is 11.9. The third-order valence-electron chi connectivity index (χ3n) is 2.89. The van der Waals surface area contributed by atoms with Gasteiger partial charge in [-0.1, -0.05) is 13.8 Å². The van der Waals surface area contributed by atoms with Crippen LogP contribution in [0.3, 0.4) is 0 Å². The van der Waals surface area contributed by atoms with Crippen LogP contribution in [0.1, 0.15) is 35.3 Å². The third-order valence-corrected chi connectivity index (χ3v) is 4.27. The molecular weight excluding hydrogens is 224 g/mol. The lowest BCUT2D eigenvalue weighted by atomic mass is 10.1. The Morgan fingerprint density at radius 2 is 2.31 bits per heavy atom. The van der Waals surface area contributed by atoms with Crippen molar-refractivity contribution < 1.29 is 9.90 Å². The van der Waals surface area contributed by atoms with Gasteiger partial charge in [0, 0.05) is 23.8 Å². The van der Waals surface area contributed by atoms with Crippen LogP contribution < -0.4 is 0 Å². The Labute approximate surface area is 98.9 Å². The van der Waals surface area contributed by atoms with Crippen LogP contribution in [0.2, 0.25) is 0 Å². The molecule has 2 heterocycles. The molecule has 2 rings (SSSR count). The molecule has 0 bridgehead atoms. The van der Waals surface area contributed by atoms with E-state index in [9.17, 15) is 4.79 Å². The summed E-state index contributed by atoms with van der Waals surface area (Å²) in [6.45, 7) is 4.93. The van der Waals surface area contributed by atoms with Crippen LogP contribution in [-0.4, -0.2) is 34.0 Å². The summed E-state index contributed by atoms with van der Waals surface area (Å²) in [6.07, 6.45) is 0.532. The molecule has 0 spiro atoms. The smallest absolute Gasteiger partial charge is 0.321 e. The highest BCUT2D eigenvalue weighted by Crippen LogP contribution is 2.30. The molecule has 1 aliphatic rings. The van der Waals surface area contributed by atoms with Crippen molar-refractivity contribution >= 4 is 17.3 Å². The molecule has 1 aromatic rings. The minimum Gasteiger partial charge on any atom is -0.480 e. The number of rotatable bonds is 2. The molecule has 5 heteroatoms. The van der Waals surface area contributed by atoms with Gasteiger partial charge in [0.1, 0.15) is 6.04 Å². The number of aromatic nitrogens is 1. The van der Waals surface area contributed by atoms with Crippen LogP contribution in [0.25, 0.3) is 0 Å². The normalized spacial score (nSPS) is 21.1. The molecule has 1 N–H and O–H groups in total. The number of nitrogens with zero attached hydrogens (tertiary/aromatic N) is 2. The lowest BCUT2D eigenvalue weighted by Gasteiger charge is -2.28. The lowest BCUT2D eigenvalue weighted by molar-refractivity contribution is -0.143. The summed E-state index contributed by atoms with van der Waals surface area (Å²) in [5.74, 6) is -0.337. The van der Waals surface area contributed by atoms with E-state index in [1.807, 2.05) is 11.9 Å². The number of carboxylic acids is 1. The molecule has 0 saturated carbocycles. The fourth-order valence-corrected chi connectivity index (χ4v) is 3.04. The first kappa shape index (κ1) is 11.5. The molecule has 4 nitrogen and oxygen atoms in total. The molecule has 88 valence electrons. The van der Waals surface area contributed by atoms with E-state index < -0.39 is 12.0 Å².